The smallest absolute Gasteiger partial charge is 0.150 e. The maximum Gasteiger partial charge on any atom is 0.150 e. The van der Waals surface area contributed by atoms with Gasteiger partial charge in [-0.15, -0.1) is 0 Å². The van der Waals surface area contributed by atoms with E-state index in [1.54, 1.807) is 12.1 Å². The van der Waals surface area contributed by atoms with E-state index in [0.29, 0.717) is 11.3 Å². The number of rotatable bonds is 2. The molecule has 0 atom stereocenters. The number of hydrogen-bond acceptors (Lipinski definition) is 2. The van der Waals surface area contributed by atoms with Crippen molar-refractivity contribution in [2.24, 2.45) is 0 Å². The largest absolute Gasteiger partial charge is 0.298 e. The molecular weight excluding hydrogens is 336 g/mol. The van der Waals surface area contributed by atoms with Crippen molar-refractivity contribution in [1.82, 2.24) is 0 Å². The van der Waals surface area contributed by atoms with Crippen LogP contribution in [0.3, 0.4) is 0 Å². The highest BCUT2D eigenvalue weighted by Gasteiger charge is 2.11. The Morgan fingerprint density at radius 3 is 1.77 bits per heavy atom. The Morgan fingerprint density at radius 1 is 0.731 bits per heavy atom. The maximum absolute atomic E-state index is 10.8. The van der Waals surface area contributed by atoms with Crippen LogP contribution in [0, 0.1) is 11.8 Å². The average molecular weight is 352 g/mol. The summed E-state index contributed by atoms with van der Waals surface area (Å²) in [5.74, 6) is 7.30. The van der Waals surface area contributed by atoms with Gasteiger partial charge in [0, 0.05) is 22.4 Å². The fourth-order valence-electron chi connectivity index (χ4n) is 3.30. The normalized spacial score (nSPS) is 10.5. The first-order valence-electron chi connectivity index (χ1n) is 8.42. The van der Waals surface area contributed by atoms with Gasteiger partial charge in [0.25, 0.3) is 0 Å². The van der Waals surface area contributed by atoms with E-state index in [9.17, 15) is 4.79 Å². The molecule has 0 aliphatic heterocycles. The Labute approximate surface area is 158 Å². The van der Waals surface area contributed by atoms with Gasteiger partial charge < -0.3 is 0 Å². The molecule has 0 aliphatic carbocycles. The SMILES string of the molecule is O=Cc1ccc(C#Cc2c3ccccc3c(CS)c3ccccc23)cc1. The predicted octanol–water partition coefficient (Wildman–Crippen LogP) is 5.64. The van der Waals surface area contributed by atoms with Crippen molar-refractivity contribution < 1.29 is 4.79 Å². The maximum atomic E-state index is 10.8. The molecule has 0 aliphatic rings. The number of carbonyl (C=O) groups excluding carboxylic acids is 1. The molecular formula is C24H16OS. The highest BCUT2D eigenvalue weighted by molar-refractivity contribution is 7.79. The van der Waals surface area contributed by atoms with Crippen LogP contribution in [-0.2, 0) is 5.75 Å². The summed E-state index contributed by atoms with van der Waals surface area (Å²) in [5, 5.41) is 4.68. The van der Waals surface area contributed by atoms with E-state index in [1.165, 1.54) is 16.3 Å². The second kappa shape index (κ2) is 7.07. The molecule has 0 radical (unpaired) electrons. The summed E-state index contributed by atoms with van der Waals surface area (Å²) in [7, 11) is 0. The second-order valence-corrected chi connectivity index (χ2v) is 6.41. The van der Waals surface area contributed by atoms with Crippen LogP contribution in [-0.4, -0.2) is 6.29 Å². The van der Waals surface area contributed by atoms with E-state index < -0.39 is 0 Å². The first-order chi connectivity index (χ1) is 12.8. The minimum absolute atomic E-state index is 0.657. The van der Waals surface area contributed by atoms with Crippen molar-refractivity contribution in [2.75, 3.05) is 0 Å². The molecule has 2 heteroatoms. The van der Waals surface area contributed by atoms with Crippen molar-refractivity contribution in [3.8, 4) is 11.8 Å². The third-order valence-corrected chi connectivity index (χ3v) is 4.90. The molecule has 0 unspecified atom stereocenters. The van der Waals surface area contributed by atoms with Gasteiger partial charge >= 0.3 is 0 Å². The highest BCUT2D eigenvalue weighted by Crippen LogP contribution is 2.33. The predicted molar refractivity (Wildman–Crippen MR) is 112 cm³/mol. The summed E-state index contributed by atoms with van der Waals surface area (Å²) in [6.45, 7) is 0. The zero-order valence-corrected chi connectivity index (χ0v) is 15.0. The van der Waals surface area contributed by atoms with Crippen LogP contribution >= 0.6 is 12.6 Å². The molecule has 0 fully saturated rings. The van der Waals surface area contributed by atoms with Gasteiger partial charge in [0.05, 0.1) is 0 Å². The summed E-state index contributed by atoms with van der Waals surface area (Å²) in [5.41, 5.74) is 3.81. The molecule has 4 aromatic carbocycles. The molecule has 0 aromatic heterocycles. The van der Waals surface area contributed by atoms with Crippen molar-refractivity contribution in [3.63, 3.8) is 0 Å². The van der Waals surface area contributed by atoms with Gasteiger partial charge in [-0.25, -0.2) is 0 Å². The van der Waals surface area contributed by atoms with E-state index in [4.69, 9.17) is 0 Å². The minimum atomic E-state index is 0.657. The van der Waals surface area contributed by atoms with Gasteiger partial charge in [-0.1, -0.05) is 72.5 Å². The first kappa shape index (κ1) is 16.4. The van der Waals surface area contributed by atoms with Gasteiger partial charge in [-0.3, -0.25) is 4.79 Å². The lowest BCUT2D eigenvalue weighted by Crippen LogP contribution is -1.91. The van der Waals surface area contributed by atoms with Crippen LogP contribution < -0.4 is 0 Å². The summed E-state index contributed by atoms with van der Waals surface area (Å²) in [6, 6.07) is 24.0. The molecule has 0 saturated carbocycles. The van der Waals surface area contributed by atoms with Crippen molar-refractivity contribution in [3.05, 3.63) is 95.1 Å². The number of hydrogen-bond donors (Lipinski definition) is 1. The molecule has 0 heterocycles. The summed E-state index contributed by atoms with van der Waals surface area (Å²) >= 11 is 4.56. The van der Waals surface area contributed by atoms with Gasteiger partial charge in [-0.2, -0.15) is 12.6 Å². The number of carbonyl (C=O) groups is 1. The number of fused-ring (bicyclic) bond motifs is 2. The third-order valence-electron chi connectivity index (χ3n) is 4.58. The second-order valence-electron chi connectivity index (χ2n) is 6.09. The fourth-order valence-corrected chi connectivity index (χ4v) is 3.64. The molecule has 124 valence electrons. The molecule has 1 nitrogen and oxygen atoms in total. The molecule has 0 spiro atoms. The van der Waals surface area contributed by atoms with Gasteiger partial charge in [0.2, 0.25) is 0 Å². The van der Waals surface area contributed by atoms with Crippen LogP contribution in [0.5, 0.6) is 0 Å². The van der Waals surface area contributed by atoms with Crippen molar-refractivity contribution in [2.45, 2.75) is 5.75 Å². The lowest BCUT2D eigenvalue weighted by Gasteiger charge is -2.12. The van der Waals surface area contributed by atoms with Crippen LogP contribution in [0.1, 0.15) is 27.0 Å². The van der Waals surface area contributed by atoms with Crippen LogP contribution in [0.4, 0.5) is 0 Å². The molecule has 4 aromatic rings. The van der Waals surface area contributed by atoms with E-state index in [2.05, 4.69) is 60.9 Å². The Hall–Kier alpha value is -3.02. The average Bonchev–Trinajstić information content (AvgIpc) is 2.71. The zero-order valence-electron chi connectivity index (χ0n) is 14.1. The van der Waals surface area contributed by atoms with E-state index in [-0.39, 0.29) is 0 Å². The van der Waals surface area contributed by atoms with E-state index in [1.807, 2.05) is 24.3 Å². The molecule has 0 saturated heterocycles. The fraction of sp³-hybridized carbons (Fsp3) is 0.0417. The molecule has 0 N–H and O–H groups in total. The minimum Gasteiger partial charge on any atom is -0.298 e. The number of thiol groups is 1. The lowest BCUT2D eigenvalue weighted by molar-refractivity contribution is 0.112. The highest BCUT2D eigenvalue weighted by atomic mass is 32.1. The zero-order chi connectivity index (χ0) is 17.9. The molecule has 4 rings (SSSR count). The summed E-state index contributed by atoms with van der Waals surface area (Å²) < 4.78 is 0. The molecule has 0 bridgehead atoms. The van der Waals surface area contributed by atoms with Crippen molar-refractivity contribution >= 4 is 40.5 Å². The first-order valence-corrected chi connectivity index (χ1v) is 9.05. The number of aldehydes is 1. The number of benzene rings is 4. The lowest BCUT2D eigenvalue weighted by atomic mass is 9.92. The standard InChI is InChI=1S/C24H16OS/c25-15-18-11-9-17(10-12-18)13-14-23-19-5-1-3-7-21(19)24(16-26)22-8-4-2-6-20(22)23/h1-12,15,26H,16H2. The van der Waals surface area contributed by atoms with E-state index >= 15 is 0 Å². The van der Waals surface area contributed by atoms with Crippen LogP contribution in [0.15, 0.2) is 72.8 Å². The Bertz CT molecular complexity index is 1120. The van der Waals surface area contributed by atoms with E-state index in [0.717, 1.165) is 28.2 Å². The quantitative estimate of drug-likeness (QED) is 0.214. The Balaban J connectivity index is 1.99. The molecule has 0 amide bonds. The van der Waals surface area contributed by atoms with Crippen molar-refractivity contribution in [1.29, 1.82) is 0 Å². The Kier molecular flexibility index (Phi) is 4.48. The molecule has 26 heavy (non-hydrogen) atoms. The van der Waals surface area contributed by atoms with Gasteiger partial charge in [0.1, 0.15) is 6.29 Å². The van der Waals surface area contributed by atoms with Gasteiger partial charge in [-0.05, 0) is 39.2 Å². The van der Waals surface area contributed by atoms with Gasteiger partial charge in [0.15, 0.2) is 0 Å². The summed E-state index contributed by atoms with van der Waals surface area (Å²) in [6.07, 6.45) is 0.842. The topological polar surface area (TPSA) is 17.1 Å². The third kappa shape index (κ3) is 2.87. The summed E-state index contributed by atoms with van der Waals surface area (Å²) in [4.78, 5) is 10.8. The Morgan fingerprint density at radius 2 is 1.27 bits per heavy atom. The van der Waals surface area contributed by atoms with Crippen LogP contribution in [0.2, 0.25) is 0 Å². The van der Waals surface area contributed by atoms with Crippen LogP contribution in [0.25, 0.3) is 21.5 Å². The monoisotopic (exact) mass is 352 g/mol.